The Morgan fingerprint density at radius 3 is 2.89 bits per heavy atom. The van der Waals surface area contributed by atoms with Gasteiger partial charge in [-0.1, -0.05) is 30.7 Å². The quantitative estimate of drug-likeness (QED) is 0.854. The smallest absolute Gasteiger partial charge is 0.0948 e. The lowest BCUT2D eigenvalue weighted by Gasteiger charge is -2.20. The van der Waals surface area contributed by atoms with Crippen LogP contribution in [0.5, 0.6) is 0 Å². The fraction of sp³-hybridized carbons (Fsp3) is 0.357. The van der Waals surface area contributed by atoms with E-state index in [4.69, 9.17) is 11.6 Å². The molecule has 0 aliphatic carbocycles. The first-order chi connectivity index (χ1) is 9.26. The molecule has 19 heavy (non-hydrogen) atoms. The zero-order valence-electron chi connectivity index (χ0n) is 10.9. The van der Waals surface area contributed by atoms with Crippen molar-refractivity contribution in [1.29, 1.82) is 0 Å². The first kappa shape index (κ1) is 13.9. The molecule has 0 spiro atoms. The maximum atomic E-state index is 9.60. The van der Waals surface area contributed by atoms with E-state index in [0.717, 1.165) is 24.3 Å². The second kappa shape index (κ2) is 6.59. The van der Waals surface area contributed by atoms with Crippen LogP contribution in [0.3, 0.4) is 0 Å². The molecule has 0 saturated carbocycles. The van der Waals surface area contributed by atoms with Crippen LogP contribution in [0.4, 0.5) is 5.69 Å². The second-order valence-electron chi connectivity index (χ2n) is 4.37. The standard InChI is InChI=1S/C14H18ClN3O/c1-2-7-18-10-16-8-14(18)13(9-19)17-12-6-4-3-5-11(12)15/h3-6,8,10,13,17,19H,2,7,9H2,1H3. The number of imidazole rings is 1. The molecular weight excluding hydrogens is 262 g/mol. The van der Waals surface area contributed by atoms with Crippen molar-refractivity contribution in [2.24, 2.45) is 0 Å². The molecule has 2 rings (SSSR count). The van der Waals surface area contributed by atoms with Crippen molar-refractivity contribution in [1.82, 2.24) is 9.55 Å². The number of benzene rings is 1. The molecule has 4 nitrogen and oxygen atoms in total. The summed E-state index contributed by atoms with van der Waals surface area (Å²) in [4.78, 5) is 4.15. The van der Waals surface area contributed by atoms with Crippen molar-refractivity contribution in [3.05, 3.63) is 47.5 Å². The van der Waals surface area contributed by atoms with E-state index in [-0.39, 0.29) is 12.6 Å². The normalized spacial score (nSPS) is 12.4. The molecular formula is C14H18ClN3O. The maximum absolute atomic E-state index is 9.60. The van der Waals surface area contributed by atoms with Crippen LogP contribution in [-0.2, 0) is 6.54 Å². The fourth-order valence-electron chi connectivity index (χ4n) is 2.03. The van der Waals surface area contributed by atoms with E-state index in [9.17, 15) is 5.11 Å². The SMILES string of the molecule is CCCn1cncc1C(CO)Nc1ccccc1Cl. The van der Waals surface area contributed by atoms with Crippen LogP contribution in [-0.4, -0.2) is 21.3 Å². The molecule has 102 valence electrons. The van der Waals surface area contributed by atoms with Crippen LogP contribution in [0.2, 0.25) is 5.02 Å². The number of aliphatic hydroxyl groups excluding tert-OH is 1. The van der Waals surface area contributed by atoms with Crippen LogP contribution >= 0.6 is 11.6 Å². The molecule has 1 unspecified atom stereocenters. The van der Waals surface area contributed by atoms with Gasteiger partial charge in [-0.15, -0.1) is 0 Å². The lowest BCUT2D eigenvalue weighted by atomic mass is 10.2. The highest BCUT2D eigenvalue weighted by Crippen LogP contribution is 2.25. The predicted octanol–water partition coefficient (Wildman–Crippen LogP) is 3.09. The van der Waals surface area contributed by atoms with E-state index in [0.29, 0.717) is 5.02 Å². The molecule has 1 atom stereocenters. The van der Waals surface area contributed by atoms with Gasteiger partial charge in [0.25, 0.3) is 0 Å². The summed E-state index contributed by atoms with van der Waals surface area (Å²) in [5.74, 6) is 0. The van der Waals surface area contributed by atoms with Crippen LogP contribution in [0.25, 0.3) is 0 Å². The number of aryl methyl sites for hydroxylation is 1. The third kappa shape index (κ3) is 3.28. The molecule has 0 amide bonds. The summed E-state index contributed by atoms with van der Waals surface area (Å²) in [6.07, 6.45) is 4.59. The average molecular weight is 280 g/mol. The summed E-state index contributed by atoms with van der Waals surface area (Å²) in [7, 11) is 0. The van der Waals surface area contributed by atoms with Crippen molar-refractivity contribution in [3.63, 3.8) is 0 Å². The summed E-state index contributed by atoms with van der Waals surface area (Å²) in [6.45, 7) is 2.98. The van der Waals surface area contributed by atoms with Crippen molar-refractivity contribution in [2.75, 3.05) is 11.9 Å². The van der Waals surface area contributed by atoms with Gasteiger partial charge in [0.2, 0.25) is 0 Å². The molecule has 0 saturated heterocycles. The average Bonchev–Trinajstić information content (AvgIpc) is 2.86. The summed E-state index contributed by atoms with van der Waals surface area (Å²) >= 11 is 6.12. The number of nitrogens with zero attached hydrogens (tertiary/aromatic N) is 2. The van der Waals surface area contributed by atoms with Gasteiger partial charge in [-0.25, -0.2) is 4.98 Å². The van der Waals surface area contributed by atoms with Gasteiger partial charge >= 0.3 is 0 Å². The lowest BCUT2D eigenvalue weighted by molar-refractivity contribution is 0.271. The fourth-order valence-corrected chi connectivity index (χ4v) is 2.22. The highest BCUT2D eigenvalue weighted by molar-refractivity contribution is 6.33. The van der Waals surface area contributed by atoms with E-state index in [1.165, 1.54) is 0 Å². The van der Waals surface area contributed by atoms with E-state index in [2.05, 4.69) is 17.2 Å². The first-order valence-electron chi connectivity index (χ1n) is 6.38. The van der Waals surface area contributed by atoms with Gasteiger partial charge in [-0.05, 0) is 18.6 Å². The minimum absolute atomic E-state index is 0.0133. The second-order valence-corrected chi connectivity index (χ2v) is 4.78. The van der Waals surface area contributed by atoms with Gasteiger partial charge in [0.15, 0.2) is 0 Å². The van der Waals surface area contributed by atoms with Gasteiger partial charge in [0.05, 0.1) is 41.6 Å². The van der Waals surface area contributed by atoms with Crippen molar-refractivity contribution < 1.29 is 5.11 Å². The monoisotopic (exact) mass is 279 g/mol. The van der Waals surface area contributed by atoms with E-state index in [1.54, 1.807) is 12.5 Å². The Bertz CT molecular complexity index is 527. The summed E-state index contributed by atoms with van der Waals surface area (Å²) < 4.78 is 2.05. The summed E-state index contributed by atoms with van der Waals surface area (Å²) in [6, 6.07) is 7.29. The van der Waals surface area contributed by atoms with Crippen LogP contribution < -0.4 is 5.32 Å². The number of halogens is 1. The van der Waals surface area contributed by atoms with Crippen molar-refractivity contribution in [2.45, 2.75) is 25.9 Å². The molecule has 1 aromatic heterocycles. The van der Waals surface area contributed by atoms with Gasteiger partial charge in [-0.3, -0.25) is 0 Å². The molecule has 2 N–H and O–H groups in total. The number of hydrogen-bond donors (Lipinski definition) is 2. The lowest BCUT2D eigenvalue weighted by Crippen LogP contribution is -2.19. The Balaban J connectivity index is 2.20. The van der Waals surface area contributed by atoms with Gasteiger partial charge < -0.3 is 15.0 Å². The van der Waals surface area contributed by atoms with Gasteiger partial charge in [-0.2, -0.15) is 0 Å². The number of rotatable bonds is 6. The number of para-hydroxylation sites is 1. The number of aliphatic hydroxyl groups is 1. The molecule has 0 radical (unpaired) electrons. The topological polar surface area (TPSA) is 50.1 Å². The van der Waals surface area contributed by atoms with Crippen LogP contribution in [0.15, 0.2) is 36.8 Å². The Hall–Kier alpha value is -1.52. The van der Waals surface area contributed by atoms with Gasteiger partial charge in [0, 0.05) is 6.54 Å². The summed E-state index contributed by atoms with van der Waals surface area (Å²) in [5, 5.41) is 13.5. The van der Waals surface area contributed by atoms with E-state index >= 15 is 0 Å². The molecule has 0 fully saturated rings. The molecule has 0 bridgehead atoms. The van der Waals surface area contributed by atoms with E-state index < -0.39 is 0 Å². The maximum Gasteiger partial charge on any atom is 0.0948 e. The highest BCUT2D eigenvalue weighted by atomic mass is 35.5. The van der Waals surface area contributed by atoms with Crippen molar-refractivity contribution >= 4 is 17.3 Å². The summed E-state index contributed by atoms with van der Waals surface area (Å²) in [5.41, 5.74) is 1.77. The number of nitrogens with one attached hydrogen (secondary N) is 1. The molecule has 0 aliphatic heterocycles. The first-order valence-corrected chi connectivity index (χ1v) is 6.76. The minimum Gasteiger partial charge on any atom is -0.394 e. The molecule has 1 aromatic carbocycles. The Morgan fingerprint density at radius 1 is 1.42 bits per heavy atom. The van der Waals surface area contributed by atoms with E-state index in [1.807, 2.05) is 28.8 Å². The molecule has 0 aliphatic rings. The Labute approximate surface area is 118 Å². The third-order valence-corrected chi connectivity index (χ3v) is 3.28. The predicted molar refractivity (Wildman–Crippen MR) is 77.4 cm³/mol. The molecule has 2 aromatic rings. The molecule has 1 heterocycles. The van der Waals surface area contributed by atoms with Crippen LogP contribution in [0.1, 0.15) is 25.1 Å². The highest BCUT2D eigenvalue weighted by Gasteiger charge is 2.15. The Kier molecular flexibility index (Phi) is 4.82. The zero-order valence-corrected chi connectivity index (χ0v) is 11.6. The minimum atomic E-state index is -0.214. The van der Waals surface area contributed by atoms with Gasteiger partial charge in [0.1, 0.15) is 0 Å². The van der Waals surface area contributed by atoms with Crippen molar-refractivity contribution in [3.8, 4) is 0 Å². The third-order valence-electron chi connectivity index (χ3n) is 2.95. The number of aromatic nitrogens is 2. The Morgan fingerprint density at radius 2 is 2.21 bits per heavy atom. The number of hydrogen-bond acceptors (Lipinski definition) is 3. The molecule has 5 heteroatoms. The van der Waals surface area contributed by atoms with Crippen LogP contribution in [0, 0.1) is 0 Å². The number of anilines is 1. The zero-order chi connectivity index (χ0) is 13.7. The largest absolute Gasteiger partial charge is 0.394 e.